The molecule has 0 saturated carbocycles. The van der Waals surface area contributed by atoms with Crippen molar-refractivity contribution in [2.45, 2.75) is 71.4 Å². The average Bonchev–Trinajstić information content (AvgIpc) is 3.12. The molecule has 2 aromatic carbocycles. The molecule has 0 spiro atoms. The van der Waals surface area contributed by atoms with Gasteiger partial charge in [-0.3, -0.25) is 9.36 Å². The van der Waals surface area contributed by atoms with Crippen LogP contribution in [0.4, 0.5) is 11.6 Å². The topological polar surface area (TPSA) is 50.2 Å². The van der Waals surface area contributed by atoms with Crippen molar-refractivity contribution < 1.29 is 4.79 Å². The van der Waals surface area contributed by atoms with E-state index in [4.69, 9.17) is 4.98 Å². The number of ketones is 1. The Morgan fingerprint density at radius 1 is 1.06 bits per heavy atom. The smallest absolute Gasteiger partial charge is 0.209 e. The van der Waals surface area contributed by atoms with Crippen molar-refractivity contribution >= 4 is 28.5 Å². The van der Waals surface area contributed by atoms with E-state index < -0.39 is 0 Å². The maximum absolute atomic E-state index is 13.6. The lowest BCUT2D eigenvalue weighted by atomic mass is 9.72. The summed E-state index contributed by atoms with van der Waals surface area (Å²) < 4.78 is 2.24. The van der Waals surface area contributed by atoms with E-state index in [-0.39, 0.29) is 22.8 Å². The maximum atomic E-state index is 13.6. The number of hydrogen-bond donors (Lipinski definition) is 1. The number of fused-ring (bicyclic) bond motifs is 4. The quantitative estimate of drug-likeness (QED) is 0.461. The minimum absolute atomic E-state index is 0.0552. The Labute approximate surface area is 201 Å². The molecule has 3 heterocycles. The average molecular weight is 455 g/mol. The molecule has 5 nitrogen and oxygen atoms in total. The number of rotatable bonds is 1. The van der Waals surface area contributed by atoms with E-state index >= 15 is 0 Å². The summed E-state index contributed by atoms with van der Waals surface area (Å²) in [5.41, 5.74) is 7.86. The van der Waals surface area contributed by atoms with Crippen LogP contribution in [0, 0.1) is 5.41 Å². The van der Waals surface area contributed by atoms with Gasteiger partial charge in [0.05, 0.1) is 17.1 Å². The second-order valence-electron chi connectivity index (χ2n) is 11.9. The van der Waals surface area contributed by atoms with Gasteiger partial charge in [-0.15, -0.1) is 0 Å². The van der Waals surface area contributed by atoms with Gasteiger partial charge in [-0.25, -0.2) is 4.98 Å². The molecular formula is C29H34N4O. The lowest BCUT2D eigenvalue weighted by molar-refractivity contribution is -0.118. The van der Waals surface area contributed by atoms with Crippen LogP contribution < -0.4 is 10.2 Å². The Balaban J connectivity index is 1.58. The highest BCUT2D eigenvalue weighted by molar-refractivity contribution is 6.01. The number of benzene rings is 2. The van der Waals surface area contributed by atoms with E-state index in [0.717, 1.165) is 41.1 Å². The molecular weight excluding hydrogens is 420 g/mol. The summed E-state index contributed by atoms with van der Waals surface area (Å²) in [5.74, 6) is 1.53. The van der Waals surface area contributed by atoms with Gasteiger partial charge in [-0.05, 0) is 67.3 Å². The summed E-state index contributed by atoms with van der Waals surface area (Å²) in [4.78, 5) is 21.0. The first-order valence-corrected chi connectivity index (χ1v) is 12.4. The summed E-state index contributed by atoms with van der Waals surface area (Å²) in [5, 5.41) is 3.57. The Morgan fingerprint density at radius 3 is 2.62 bits per heavy atom. The first-order chi connectivity index (χ1) is 16.1. The molecule has 0 bridgehead atoms. The monoisotopic (exact) mass is 454 g/mol. The molecule has 3 aromatic rings. The van der Waals surface area contributed by atoms with Gasteiger partial charge in [-0.2, -0.15) is 0 Å². The number of aromatic nitrogens is 2. The van der Waals surface area contributed by atoms with E-state index in [0.29, 0.717) is 12.3 Å². The van der Waals surface area contributed by atoms with Crippen LogP contribution in [0.5, 0.6) is 0 Å². The second-order valence-corrected chi connectivity index (χ2v) is 11.9. The lowest BCUT2D eigenvalue weighted by Crippen LogP contribution is -2.45. The highest BCUT2D eigenvalue weighted by atomic mass is 16.1. The molecule has 1 N–H and O–H groups in total. The van der Waals surface area contributed by atoms with Gasteiger partial charge in [0.2, 0.25) is 5.95 Å². The van der Waals surface area contributed by atoms with Crippen molar-refractivity contribution in [2.24, 2.45) is 5.41 Å². The number of para-hydroxylation sites is 2. The van der Waals surface area contributed by atoms with Crippen molar-refractivity contribution in [3.05, 3.63) is 64.9 Å². The first kappa shape index (κ1) is 21.5. The Kier molecular flexibility index (Phi) is 4.40. The number of carbonyl (C=O) groups is 1. The van der Waals surface area contributed by atoms with Gasteiger partial charge in [0.25, 0.3) is 0 Å². The molecule has 5 heteroatoms. The fourth-order valence-corrected chi connectivity index (χ4v) is 6.50. The van der Waals surface area contributed by atoms with E-state index in [2.05, 4.69) is 92.8 Å². The molecule has 0 radical (unpaired) electrons. The van der Waals surface area contributed by atoms with Crippen LogP contribution in [0.15, 0.2) is 53.7 Å². The van der Waals surface area contributed by atoms with Crippen LogP contribution in [-0.4, -0.2) is 27.9 Å². The molecule has 6 rings (SSSR count). The van der Waals surface area contributed by atoms with Crippen LogP contribution >= 0.6 is 0 Å². The molecule has 0 fully saturated rings. The lowest BCUT2D eigenvalue weighted by Gasteiger charge is -2.46. The summed E-state index contributed by atoms with van der Waals surface area (Å²) >= 11 is 0. The minimum Gasteiger partial charge on any atom is -0.369 e. The summed E-state index contributed by atoms with van der Waals surface area (Å²) in [7, 11) is 2.20. The van der Waals surface area contributed by atoms with Gasteiger partial charge < -0.3 is 10.2 Å². The maximum Gasteiger partial charge on any atom is 0.209 e. The third kappa shape index (κ3) is 3.05. The molecule has 0 unspecified atom stereocenters. The van der Waals surface area contributed by atoms with Gasteiger partial charge in [-0.1, -0.05) is 45.0 Å². The fraction of sp³-hybridized carbons (Fsp3) is 0.448. The van der Waals surface area contributed by atoms with Gasteiger partial charge >= 0.3 is 0 Å². The predicted octanol–water partition coefficient (Wildman–Crippen LogP) is 6.42. The zero-order valence-corrected chi connectivity index (χ0v) is 21.1. The fourth-order valence-electron chi connectivity index (χ4n) is 6.50. The van der Waals surface area contributed by atoms with Crippen LogP contribution in [0.1, 0.15) is 77.0 Å². The zero-order valence-electron chi connectivity index (χ0n) is 21.1. The van der Waals surface area contributed by atoms with Gasteiger partial charge in [0, 0.05) is 36.0 Å². The molecule has 176 valence electrons. The third-order valence-electron chi connectivity index (χ3n) is 8.28. The highest BCUT2D eigenvalue weighted by Crippen LogP contribution is 2.49. The zero-order chi connectivity index (χ0) is 24.0. The number of allylic oxidation sites excluding steroid dienone is 2. The van der Waals surface area contributed by atoms with Gasteiger partial charge in [0.15, 0.2) is 5.78 Å². The largest absolute Gasteiger partial charge is 0.369 e. The molecule has 1 aliphatic carbocycles. The Morgan fingerprint density at radius 2 is 1.82 bits per heavy atom. The molecule has 2 aliphatic heterocycles. The molecule has 2 atom stereocenters. The number of nitrogens with zero attached hydrogens (tertiary/aromatic N) is 3. The van der Waals surface area contributed by atoms with Crippen LogP contribution in [0.3, 0.4) is 0 Å². The van der Waals surface area contributed by atoms with Crippen LogP contribution in [-0.2, 0) is 4.79 Å². The second kappa shape index (κ2) is 6.97. The van der Waals surface area contributed by atoms with Crippen molar-refractivity contribution in [1.29, 1.82) is 0 Å². The van der Waals surface area contributed by atoms with E-state index in [1.165, 1.54) is 16.8 Å². The molecule has 1 aromatic heterocycles. The molecule has 34 heavy (non-hydrogen) atoms. The van der Waals surface area contributed by atoms with E-state index in [1.54, 1.807) is 0 Å². The molecule has 3 aliphatic rings. The first-order valence-electron chi connectivity index (χ1n) is 12.4. The van der Waals surface area contributed by atoms with Crippen molar-refractivity contribution in [1.82, 2.24) is 9.55 Å². The summed E-state index contributed by atoms with van der Waals surface area (Å²) in [6.07, 6.45) is 2.53. The highest BCUT2D eigenvalue weighted by Gasteiger charge is 2.42. The van der Waals surface area contributed by atoms with Crippen LogP contribution in [0.2, 0.25) is 0 Å². The SMILES string of the molecule is C[C@H]1CC(C)(C)N(C)c2ccc([C@H]3C4=C(CC(C)(C)CC4=O)Nc4nc5ccccc5n43)cc21. The standard InChI is InChI=1S/C29H34N4O/c1-17-14-29(4,5)32(6)22-12-11-18(13-19(17)22)26-25-21(15-28(2,3)16-24(25)34)31-27-30-20-9-7-8-10-23(20)33(26)27/h7-13,17,26H,14-16H2,1-6H3,(H,30,31)/t17-,26-/m0/s1. The Hall–Kier alpha value is -3.08. The van der Waals surface area contributed by atoms with E-state index in [9.17, 15) is 4.79 Å². The number of hydrogen-bond acceptors (Lipinski definition) is 4. The molecule has 0 saturated heterocycles. The van der Waals surface area contributed by atoms with Crippen molar-refractivity contribution in [3.8, 4) is 0 Å². The predicted molar refractivity (Wildman–Crippen MR) is 138 cm³/mol. The molecule has 0 amide bonds. The minimum atomic E-state index is -0.167. The normalized spacial score (nSPS) is 25.0. The van der Waals surface area contributed by atoms with Gasteiger partial charge in [0.1, 0.15) is 0 Å². The van der Waals surface area contributed by atoms with Crippen molar-refractivity contribution in [3.63, 3.8) is 0 Å². The van der Waals surface area contributed by atoms with Crippen LogP contribution in [0.25, 0.3) is 11.0 Å². The Bertz CT molecular complexity index is 1380. The number of Topliss-reactive ketones (excluding diaryl/α,β-unsaturated/α-hetero) is 1. The third-order valence-corrected chi connectivity index (χ3v) is 8.28. The number of anilines is 2. The summed E-state index contributed by atoms with van der Waals surface area (Å²) in [6.45, 7) is 11.3. The van der Waals surface area contributed by atoms with Crippen molar-refractivity contribution in [2.75, 3.05) is 17.3 Å². The number of imidazole rings is 1. The summed E-state index contributed by atoms with van der Waals surface area (Å²) in [6, 6.07) is 14.9. The van der Waals surface area contributed by atoms with E-state index in [1.807, 2.05) is 6.07 Å². The number of carbonyl (C=O) groups excluding carboxylic acids is 1. The number of nitrogens with one attached hydrogen (secondary N) is 1.